The van der Waals surface area contributed by atoms with Crippen molar-refractivity contribution in [1.29, 1.82) is 0 Å². The molecule has 8 heteroatoms. The third-order valence-electron chi connectivity index (χ3n) is 7.18. The lowest BCUT2D eigenvalue weighted by Gasteiger charge is -2.25. The Labute approximate surface area is 249 Å². The van der Waals surface area contributed by atoms with Crippen molar-refractivity contribution in [2.45, 2.75) is 72.0 Å². The molecule has 0 aliphatic heterocycles. The zero-order chi connectivity index (χ0) is 28.3. The second-order valence-electron chi connectivity index (χ2n) is 9.94. The molecule has 2 aliphatic rings. The molecule has 0 amide bonds. The van der Waals surface area contributed by atoms with Gasteiger partial charge in [-0.3, -0.25) is 9.59 Å². The highest BCUT2D eigenvalue weighted by atomic mass is 35.5. The zero-order valence-electron chi connectivity index (χ0n) is 22.4. The van der Waals surface area contributed by atoms with E-state index < -0.39 is 0 Å². The molecule has 4 rings (SSSR count). The molecule has 0 atom stereocenters. The summed E-state index contributed by atoms with van der Waals surface area (Å²) in [5.74, 6) is 0.311. The number of ether oxygens (including phenoxy) is 2. The second-order valence-corrected chi connectivity index (χ2v) is 10.7. The third-order valence-corrected chi connectivity index (χ3v) is 7.18. The Kier molecular flexibility index (Phi) is 19.0. The number of benzene rings is 2. The highest BCUT2D eigenvalue weighted by Crippen LogP contribution is 2.30. The number of halogens is 2. The minimum atomic E-state index is -0.122. The van der Waals surface area contributed by atoms with E-state index in [-0.39, 0.29) is 49.1 Å². The number of esters is 2. The van der Waals surface area contributed by atoms with Crippen LogP contribution in [-0.2, 0) is 37.1 Å². The average Bonchev–Trinajstić information content (AvgIpc) is 3.00. The molecule has 0 aromatic heterocycles. The van der Waals surface area contributed by atoms with Crippen LogP contribution in [0, 0.1) is 23.7 Å². The van der Waals surface area contributed by atoms with Crippen LogP contribution in [0.5, 0.6) is 0 Å². The van der Waals surface area contributed by atoms with E-state index in [2.05, 4.69) is 0 Å². The van der Waals surface area contributed by atoms with Gasteiger partial charge in [-0.15, -0.1) is 23.2 Å². The minimum Gasteiger partial charge on any atom is -0.461 e. The van der Waals surface area contributed by atoms with E-state index in [1.807, 2.05) is 60.7 Å². The summed E-state index contributed by atoms with van der Waals surface area (Å²) in [6.07, 6.45) is 7.74. The van der Waals surface area contributed by atoms with Gasteiger partial charge in [0, 0.05) is 12.5 Å². The van der Waals surface area contributed by atoms with Crippen LogP contribution >= 0.6 is 23.2 Å². The van der Waals surface area contributed by atoms with Crippen LogP contribution in [0.15, 0.2) is 60.7 Å². The van der Waals surface area contributed by atoms with Crippen molar-refractivity contribution >= 4 is 41.4 Å². The highest BCUT2D eigenvalue weighted by molar-refractivity contribution is 6.40. The first kappa shape index (κ1) is 35.6. The normalized spacial score (nSPS) is 21.6. The summed E-state index contributed by atoms with van der Waals surface area (Å²) < 4.78 is 10.6. The number of aliphatic hydroxyl groups is 1. The number of rotatable bonds is 8. The van der Waals surface area contributed by atoms with Crippen LogP contribution in [0.2, 0.25) is 0 Å². The molecular weight excluding hydrogens is 551 g/mol. The van der Waals surface area contributed by atoms with Crippen molar-refractivity contribution in [1.82, 2.24) is 0 Å². The number of hydrogen-bond acceptors (Lipinski definition) is 6. The molecule has 0 radical (unpaired) electrons. The molecule has 2 aliphatic carbocycles. The maximum Gasteiger partial charge on any atom is 0.309 e. The first-order valence-corrected chi connectivity index (χ1v) is 14.7. The van der Waals surface area contributed by atoms with Gasteiger partial charge in [-0.05, 0) is 68.4 Å². The van der Waals surface area contributed by atoms with Crippen LogP contribution in [-0.4, -0.2) is 35.3 Å². The number of carbonyl (C=O) groups is 3. The first-order valence-electron chi connectivity index (χ1n) is 13.6. The Morgan fingerprint density at radius 2 is 1.10 bits per heavy atom. The Bertz CT molecular complexity index is 940. The SMILES string of the molecule is C.ClCCl.O=C(OCc1ccccc1)C1CCC(CO)CC1.O=CC1CCC(C(=O)OCc2ccccc2)CC1. The fourth-order valence-electron chi connectivity index (χ4n) is 4.76. The Hall–Kier alpha value is -2.41. The average molecular weight is 596 g/mol. The van der Waals surface area contributed by atoms with Crippen molar-refractivity contribution in [3.8, 4) is 0 Å². The molecule has 2 saturated carbocycles. The van der Waals surface area contributed by atoms with Crippen molar-refractivity contribution in [3.63, 3.8) is 0 Å². The number of hydrogen-bond donors (Lipinski definition) is 1. The molecule has 6 nitrogen and oxygen atoms in total. The maximum atomic E-state index is 11.9. The van der Waals surface area contributed by atoms with E-state index in [0.29, 0.717) is 19.1 Å². The Morgan fingerprint density at radius 1 is 0.725 bits per heavy atom. The second kappa shape index (κ2) is 21.4. The first-order chi connectivity index (χ1) is 19.0. The van der Waals surface area contributed by atoms with Gasteiger partial charge in [-0.25, -0.2) is 0 Å². The van der Waals surface area contributed by atoms with Gasteiger partial charge in [0.15, 0.2) is 0 Å². The van der Waals surface area contributed by atoms with Gasteiger partial charge in [0.2, 0.25) is 0 Å². The smallest absolute Gasteiger partial charge is 0.309 e. The van der Waals surface area contributed by atoms with Crippen LogP contribution < -0.4 is 0 Å². The van der Waals surface area contributed by atoms with Gasteiger partial charge in [0.25, 0.3) is 0 Å². The molecule has 0 unspecified atom stereocenters. The molecule has 0 saturated heterocycles. The van der Waals surface area contributed by atoms with Crippen molar-refractivity contribution in [2.75, 3.05) is 11.9 Å². The topological polar surface area (TPSA) is 89.9 Å². The summed E-state index contributed by atoms with van der Waals surface area (Å²) in [7, 11) is 0. The van der Waals surface area contributed by atoms with E-state index in [1.165, 1.54) is 0 Å². The van der Waals surface area contributed by atoms with E-state index in [4.69, 9.17) is 37.8 Å². The number of aldehydes is 1. The number of carbonyl (C=O) groups excluding carboxylic acids is 3. The van der Waals surface area contributed by atoms with Gasteiger partial charge in [-0.1, -0.05) is 68.1 Å². The van der Waals surface area contributed by atoms with Crippen LogP contribution in [0.4, 0.5) is 0 Å². The predicted octanol–water partition coefficient (Wildman–Crippen LogP) is 7.32. The van der Waals surface area contributed by atoms with Crippen LogP contribution in [0.25, 0.3) is 0 Å². The van der Waals surface area contributed by atoms with Gasteiger partial charge >= 0.3 is 11.9 Å². The van der Waals surface area contributed by atoms with Gasteiger partial charge in [-0.2, -0.15) is 0 Å². The van der Waals surface area contributed by atoms with E-state index in [9.17, 15) is 14.4 Å². The van der Waals surface area contributed by atoms with E-state index in [1.54, 1.807) is 0 Å². The summed E-state index contributed by atoms with van der Waals surface area (Å²) in [5, 5.41) is 9.25. The summed E-state index contributed by atoms with van der Waals surface area (Å²) in [4.78, 5) is 34.4. The molecule has 2 aromatic carbocycles. The van der Waals surface area contributed by atoms with Gasteiger partial charge < -0.3 is 19.4 Å². The van der Waals surface area contributed by atoms with Crippen LogP contribution in [0.1, 0.15) is 69.9 Å². The molecule has 2 fully saturated rings. The lowest BCUT2D eigenvalue weighted by atomic mass is 9.82. The molecule has 40 heavy (non-hydrogen) atoms. The lowest BCUT2D eigenvalue weighted by Crippen LogP contribution is -2.24. The minimum absolute atomic E-state index is 0. The third kappa shape index (κ3) is 13.8. The quantitative estimate of drug-likeness (QED) is 0.195. The van der Waals surface area contributed by atoms with Crippen molar-refractivity contribution < 1.29 is 29.0 Å². The van der Waals surface area contributed by atoms with E-state index >= 15 is 0 Å². The lowest BCUT2D eigenvalue weighted by molar-refractivity contribution is -0.152. The predicted molar refractivity (Wildman–Crippen MR) is 160 cm³/mol. The van der Waals surface area contributed by atoms with E-state index in [0.717, 1.165) is 68.8 Å². The fourth-order valence-corrected chi connectivity index (χ4v) is 4.76. The van der Waals surface area contributed by atoms with Gasteiger partial charge in [0.1, 0.15) is 19.5 Å². The maximum absolute atomic E-state index is 11.9. The largest absolute Gasteiger partial charge is 0.461 e. The summed E-state index contributed by atoms with van der Waals surface area (Å²) in [6.45, 7) is 0.943. The summed E-state index contributed by atoms with van der Waals surface area (Å²) >= 11 is 9.53. The molecular formula is C32H44Cl2O6. The van der Waals surface area contributed by atoms with Gasteiger partial charge in [0.05, 0.1) is 17.2 Å². The monoisotopic (exact) mass is 594 g/mol. The highest BCUT2D eigenvalue weighted by Gasteiger charge is 2.28. The summed E-state index contributed by atoms with van der Waals surface area (Å²) in [6, 6.07) is 19.4. The van der Waals surface area contributed by atoms with Crippen LogP contribution in [0.3, 0.4) is 0 Å². The fraction of sp³-hybridized carbons (Fsp3) is 0.531. The Morgan fingerprint density at radius 3 is 1.45 bits per heavy atom. The van der Waals surface area contributed by atoms with Crippen molar-refractivity contribution in [2.24, 2.45) is 23.7 Å². The standard InChI is InChI=1S/C15H20O3.C15H18O3.CH2Cl2.CH4/c2*16-10-12-6-8-14(9-7-12)15(17)18-11-13-4-2-1-3-5-13;2-1-3;/h1-5,12,14,16H,6-11H2;1-5,10,12,14H,6-9,11H2;1H2;1H4. The number of aliphatic hydroxyl groups excluding tert-OH is 1. The van der Waals surface area contributed by atoms with Crippen molar-refractivity contribution in [3.05, 3.63) is 71.8 Å². The Balaban J connectivity index is 0.000000356. The summed E-state index contributed by atoms with van der Waals surface area (Å²) in [5.41, 5.74) is 2.03. The molecule has 1 N–H and O–H groups in total. The molecule has 222 valence electrons. The molecule has 2 aromatic rings. The molecule has 0 spiro atoms. The molecule has 0 heterocycles. The molecule has 0 bridgehead atoms. The zero-order valence-corrected chi connectivity index (χ0v) is 23.9. The number of alkyl halides is 2.